The van der Waals surface area contributed by atoms with Crippen molar-refractivity contribution in [2.45, 2.75) is 6.54 Å². The van der Waals surface area contributed by atoms with E-state index >= 15 is 0 Å². The maximum atomic E-state index is 12.6. The van der Waals surface area contributed by atoms with E-state index in [9.17, 15) is 9.59 Å². The molecular formula is C19H15IN2O4. The van der Waals surface area contributed by atoms with Gasteiger partial charge in [0.25, 0.3) is 11.8 Å². The topological polar surface area (TPSA) is 84.5 Å². The van der Waals surface area contributed by atoms with Gasteiger partial charge in [0.1, 0.15) is 17.2 Å². The van der Waals surface area contributed by atoms with E-state index in [1.807, 2.05) is 12.1 Å². The highest BCUT2D eigenvalue weighted by atomic mass is 127. The lowest BCUT2D eigenvalue weighted by atomic mass is 10.2. The monoisotopic (exact) mass is 462 g/mol. The van der Waals surface area contributed by atoms with Gasteiger partial charge in [-0.25, -0.2) is 0 Å². The van der Waals surface area contributed by atoms with Crippen molar-refractivity contribution in [2.75, 3.05) is 0 Å². The predicted octanol–water partition coefficient (Wildman–Crippen LogP) is 3.56. The molecule has 7 heteroatoms. The van der Waals surface area contributed by atoms with E-state index in [4.69, 9.17) is 8.83 Å². The second-order valence-corrected chi connectivity index (χ2v) is 6.43. The quantitative estimate of drug-likeness (QED) is 0.434. The van der Waals surface area contributed by atoms with E-state index in [2.05, 4.69) is 33.2 Å². The average Bonchev–Trinajstić information content (AvgIpc) is 3.33. The Morgan fingerprint density at radius 1 is 1.00 bits per heavy atom. The molecule has 6 nitrogen and oxygen atoms in total. The lowest BCUT2D eigenvalue weighted by Gasteiger charge is -2.11. The third kappa shape index (κ3) is 4.63. The van der Waals surface area contributed by atoms with Crippen LogP contribution in [0.3, 0.4) is 0 Å². The van der Waals surface area contributed by atoms with Gasteiger partial charge in [-0.05, 0) is 59.0 Å². The van der Waals surface area contributed by atoms with Crippen LogP contribution in [0.2, 0.25) is 0 Å². The Balaban J connectivity index is 1.78. The minimum Gasteiger partial charge on any atom is -0.467 e. The van der Waals surface area contributed by atoms with Crippen molar-refractivity contribution in [2.24, 2.45) is 0 Å². The lowest BCUT2D eigenvalue weighted by molar-refractivity contribution is -0.118. The number of carbonyl (C=O) groups is 2. The number of hydrogen-bond acceptors (Lipinski definition) is 4. The van der Waals surface area contributed by atoms with Gasteiger partial charge in [0.05, 0.1) is 24.6 Å². The zero-order chi connectivity index (χ0) is 18.4. The minimum absolute atomic E-state index is 0.0798. The van der Waals surface area contributed by atoms with Gasteiger partial charge in [0.15, 0.2) is 0 Å². The maximum Gasteiger partial charge on any atom is 0.268 e. The first-order valence-electron chi connectivity index (χ1n) is 7.75. The van der Waals surface area contributed by atoms with E-state index in [1.165, 1.54) is 18.6 Å². The molecular weight excluding hydrogens is 447 g/mol. The van der Waals surface area contributed by atoms with Gasteiger partial charge in [0, 0.05) is 9.65 Å². The molecule has 0 aliphatic carbocycles. The summed E-state index contributed by atoms with van der Waals surface area (Å²) in [6.07, 6.45) is 4.50. The summed E-state index contributed by atoms with van der Waals surface area (Å²) in [6, 6.07) is 14.0. The molecule has 0 bridgehead atoms. The number of furan rings is 2. The van der Waals surface area contributed by atoms with Gasteiger partial charge < -0.3 is 19.5 Å². The zero-order valence-electron chi connectivity index (χ0n) is 13.6. The summed E-state index contributed by atoms with van der Waals surface area (Å²) in [5, 5.41) is 5.37. The van der Waals surface area contributed by atoms with Gasteiger partial charge in [-0.15, -0.1) is 0 Å². The highest BCUT2D eigenvalue weighted by molar-refractivity contribution is 14.1. The fourth-order valence-electron chi connectivity index (χ4n) is 2.18. The number of nitrogens with one attached hydrogen (secondary N) is 2. The third-order valence-corrected chi connectivity index (χ3v) is 4.39. The summed E-state index contributed by atoms with van der Waals surface area (Å²) in [5.41, 5.74) is 0.563. The fraction of sp³-hybridized carbons (Fsp3) is 0.0526. The number of hydrogen-bond donors (Lipinski definition) is 2. The van der Waals surface area contributed by atoms with Gasteiger partial charge in [-0.1, -0.05) is 12.1 Å². The van der Waals surface area contributed by atoms with Crippen LogP contribution >= 0.6 is 22.6 Å². The molecule has 0 saturated carbocycles. The number of halogens is 1. The van der Waals surface area contributed by atoms with Crippen LogP contribution < -0.4 is 10.6 Å². The maximum absolute atomic E-state index is 12.6. The summed E-state index contributed by atoms with van der Waals surface area (Å²) in [5.74, 6) is 0.244. The molecule has 2 N–H and O–H groups in total. The van der Waals surface area contributed by atoms with E-state index in [0.29, 0.717) is 17.1 Å². The summed E-state index contributed by atoms with van der Waals surface area (Å²) in [7, 11) is 0. The molecule has 3 aromatic rings. The minimum atomic E-state index is -0.447. The van der Waals surface area contributed by atoms with E-state index in [0.717, 1.165) is 3.57 Å². The van der Waals surface area contributed by atoms with Crippen molar-refractivity contribution in [3.05, 3.63) is 87.4 Å². The second-order valence-electron chi connectivity index (χ2n) is 5.27. The first-order chi connectivity index (χ1) is 12.6. The fourth-order valence-corrected chi connectivity index (χ4v) is 2.82. The van der Waals surface area contributed by atoms with Gasteiger partial charge in [-0.3, -0.25) is 9.59 Å². The summed E-state index contributed by atoms with van der Waals surface area (Å²) < 4.78 is 11.2. The molecule has 0 aliphatic heterocycles. The Hall–Kier alpha value is -2.81. The molecule has 0 fully saturated rings. The van der Waals surface area contributed by atoms with E-state index in [1.54, 1.807) is 36.4 Å². The van der Waals surface area contributed by atoms with Gasteiger partial charge in [0.2, 0.25) is 0 Å². The highest BCUT2D eigenvalue weighted by Crippen LogP contribution is 2.13. The number of amides is 2. The first-order valence-corrected chi connectivity index (χ1v) is 8.83. The SMILES string of the molecule is O=C(NCc1ccco1)C(=Cc1ccco1)NC(=O)c1ccccc1I. The lowest BCUT2D eigenvalue weighted by Crippen LogP contribution is -2.34. The zero-order valence-corrected chi connectivity index (χ0v) is 15.7. The molecule has 0 radical (unpaired) electrons. The Morgan fingerprint density at radius 2 is 1.77 bits per heavy atom. The van der Waals surface area contributed by atoms with Crippen LogP contribution in [0.15, 0.2) is 75.6 Å². The van der Waals surface area contributed by atoms with Crippen molar-refractivity contribution in [1.82, 2.24) is 10.6 Å². The van der Waals surface area contributed by atoms with E-state index < -0.39 is 5.91 Å². The van der Waals surface area contributed by atoms with Crippen molar-refractivity contribution in [3.8, 4) is 0 Å². The van der Waals surface area contributed by atoms with Crippen molar-refractivity contribution >= 4 is 40.5 Å². The Morgan fingerprint density at radius 3 is 2.46 bits per heavy atom. The van der Waals surface area contributed by atoms with Crippen LogP contribution in [0.1, 0.15) is 21.9 Å². The predicted molar refractivity (Wildman–Crippen MR) is 104 cm³/mol. The van der Waals surface area contributed by atoms with Crippen LogP contribution in [0.25, 0.3) is 6.08 Å². The third-order valence-electron chi connectivity index (χ3n) is 3.44. The van der Waals surface area contributed by atoms with Gasteiger partial charge in [-0.2, -0.15) is 0 Å². The Bertz CT molecular complexity index is 915. The Kier molecular flexibility index (Phi) is 5.90. The van der Waals surface area contributed by atoms with Crippen LogP contribution in [0.5, 0.6) is 0 Å². The van der Waals surface area contributed by atoms with Crippen molar-refractivity contribution in [1.29, 1.82) is 0 Å². The molecule has 0 spiro atoms. The average molecular weight is 462 g/mol. The molecule has 0 saturated heterocycles. The summed E-state index contributed by atoms with van der Waals surface area (Å²) in [4.78, 5) is 25.1. The molecule has 26 heavy (non-hydrogen) atoms. The van der Waals surface area contributed by atoms with Crippen LogP contribution in [-0.2, 0) is 11.3 Å². The molecule has 132 valence electrons. The summed E-state index contributed by atoms with van der Waals surface area (Å²) >= 11 is 2.07. The standard InChI is InChI=1S/C19H15IN2O4/c20-16-8-2-1-7-15(16)18(23)22-17(11-13-5-3-9-25-13)19(24)21-12-14-6-4-10-26-14/h1-11H,12H2,(H,21,24)(H,22,23). The van der Waals surface area contributed by atoms with Gasteiger partial charge >= 0.3 is 0 Å². The normalized spacial score (nSPS) is 11.2. The highest BCUT2D eigenvalue weighted by Gasteiger charge is 2.17. The molecule has 2 heterocycles. The number of benzene rings is 1. The van der Waals surface area contributed by atoms with Crippen LogP contribution in [0.4, 0.5) is 0 Å². The Labute approximate surface area is 163 Å². The molecule has 2 amide bonds. The molecule has 0 aliphatic rings. The molecule has 0 unspecified atom stereocenters. The molecule has 1 aromatic carbocycles. The van der Waals surface area contributed by atoms with Crippen molar-refractivity contribution < 1.29 is 18.4 Å². The number of rotatable bonds is 6. The van der Waals surface area contributed by atoms with Crippen molar-refractivity contribution in [3.63, 3.8) is 0 Å². The van der Waals surface area contributed by atoms with Crippen LogP contribution in [-0.4, -0.2) is 11.8 Å². The largest absolute Gasteiger partial charge is 0.467 e. The van der Waals surface area contributed by atoms with Crippen LogP contribution in [0, 0.1) is 3.57 Å². The smallest absolute Gasteiger partial charge is 0.268 e. The second kappa shape index (κ2) is 8.52. The summed E-state index contributed by atoms with van der Waals surface area (Å²) in [6.45, 7) is 0.208. The van der Waals surface area contributed by atoms with E-state index in [-0.39, 0.29) is 18.1 Å². The molecule has 0 atom stereocenters. The molecule has 2 aromatic heterocycles. The molecule has 3 rings (SSSR count). The first kappa shape index (κ1) is 18.0. The number of carbonyl (C=O) groups excluding carboxylic acids is 2.